The number of nitrogens with two attached hydrogens (primary N) is 1. The third-order valence-corrected chi connectivity index (χ3v) is 4.27. The van der Waals surface area contributed by atoms with Crippen molar-refractivity contribution in [2.24, 2.45) is 5.14 Å². The number of carbonyl (C=O) groups excluding carboxylic acids is 1. The third kappa shape index (κ3) is 8.30. The highest BCUT2D eigenvalue weighted by molar-refractivity contribution is 7.89. The van der Waals surface area contributed by atoms with Crippen LogP contribution in [0.25, 0.3) is 0 Å². The number of carbonyl (C=O) groups is 1. The maximum absolute atomic E-state index is 12.1. The van der Waals surface area contributed by atoms with Gasteiger partial charge in [-0.2, -0.15) is 0 Å². The maximum atomic E-state index is 12.1. The fraction of sp³-hybridized carbons (Fsp3) is 0.417. The normalized spacial score (nSPS) is 12.1. The second kappa shape index (κ2) is 10.5. The minimum atomic E-state index is -4.19. The molecule has 1 atom stereocenters. The van der Waals surface area contributed by atoms with Gasteiger partial charge in [0.25, 0.3) is 10.2 Å². The lowest BCUT2D eigenvalue weighted by Crippen LogP contribution is -2.30. The third-order valence-electron chi connectivity index (χ3n) is 2.87. The predicted molar refractivity (Wildman–Crippen MR) is 88.7 cm³/mol. The summed E-state index contributed by atoms with van der Waals surface area (Å²) >= 11 is 5.71. The molecule has 0 fully saturated rings. The summed E-state index contributed by atoms with van der Waals surface area (Å²) in [6, 6.07) is 3.19. The second-order valence-corrected chi connectivity index (χ2v) is 6.79. The van der Waals surface area contributed by atoms with Crippen LogP contribution in [0.1, 0.15) is 10.4 Å². The Balaban J connectivity index is 2.72. The highest BCUT2D eigenvalue weighted by Crippen LogP contribution is 2.22. The van der Waals surface area contributed by atoms with Crippen LogP contribution in [0.3, 0.4) is 0 Å². The van der Waals surface area contributed by atoms with E-state index in [1.54, 1.807) is 0 Å². The Labute approximate surface area is 162 Å². The summed E-state index contributed by atoms with van der Waals surface area (Å²) in [4.78, 5) is 40.0. The molecule has 14 nitrogen and oxygen atoms in total. The summed E-state index contributed by atoms with van der Waals surface area (Å²) in [7, 11) is -4.19. The number of sulfonamides is 1. The van der Waals surface area contributed by atoms with Gasteiger partial charge in [0.15, 0.2) is 0 Å². The van der Waals surface area contributed by atoms with E-state index in [1.165, 1.54) is 6.07 Å². The number of primary sulfonamides is 1. The molecule has 0 aliphatic heterocycles. The number of ether oxygens (including phenoxy) is 2. The molecule has 0 amide bonds. The van der Waals surface area contributed by atoms with Gasteiger partial charge in [0.05, 0.1) is 17.2 Å². The first-order valence-electron chi connectivity index (χ1n) is 7.16. The van der Waals surface area contributed by atoms with E-state index in [-0.39, 0.29) is 17.2 Å². The van der Waals surface area contributed by atoms with Crippen molar-refractivity contribution in [3.63, 3.8) is 0 Å². The van der Waals surface area contributed by atoms with E-state index >= 15 is 0 Å². The van der Waals surface area contributed by atoms with Crippen molar-refractivity contribution in [3.05, 3.63) is 49.0 Å². The average Bonchev–Trinajstić information content (AvgIpc) is 2.58. The summed E-state index contributed by atoms with van der Waals surface area (Å²) in [6.45, 7) is -1.99. The van der Waals surface area contributed by atoms with E-state index in [9.17, 15) is 33.4 Å². The molecule has 0 aromatic heterocycles. The van der Waals surface area contributed by atoms with Crippen molar-refractivity contribution in [2.75, 3.05) is 26.4 Å². The Bertz CT molecular complexity index is 832. The van der Waals surface area contributed by atoms with Gasteiger partial charge in [-0.15, -0.1) is 20.2 Å². The minimum absolute atomic E-state index is 0.203. The zero-order chi connectivity index (χ0) is 21.3. The van der Waals surface area contributed by atoms with E-state index in [0.29, 0.717) is 0 Å². The molecule has 0 aliphatic rings. The molecule has 0 radical (unpaired) electrons. The van der Waals surface area contributed by atoms with Gasteiger partial charge in [-0.3, -0.25) is 0 Å². The lowest BCUT2D eigenvalue weighted by Gasteiger charge is -2.17. The lowest BCUT2D eigenvalue weighted by molar-refractivity contribution is -0.760. The molecule has 28 heavy (non-hydrogen) atoms. The number of nitrogens with zero attached hydrogens (tertiary/aromatic N) is 2. The van der Waals surface area contributed by atoms with Gasteiger partial charge in [-0.1, -0.05) is 11.6 Å². The van der Waals surface area contributed by atoms with E-state index < -0.39 is 57.0 Å². The van der Waals surface area contributed by atoms with Crippen LogP contribution in [-0.4, -0.2) is 57.1 Å². The maximum Gasteiger partial charge on any atom is 0.338 e. The SMILES string of the molecule is NS(=O)(=O)c1cc(C(=O)OCC(CO[N+](=O)[O-])OCCO[N+](=O)[O-])ccc1Cl. The Kier molecular flexibility index (Phi) is 8.77. The summed E-state index contributed by atoms with van der Waals surface area (Å²) < 4.78 is 32.8. The van der Waals surface area contributed by atoms with Crippen molar-refractivity contribution < 1.29 is 42.5 Å². The molecule has 1 aromatic carbocycles. The molecular formula is C12H14ClN3O11S. The van der Waals surface area contributed by atoms with Crippen LogP contribution >= 0.6 is 11.6 Å². The molecule has 0 bridgehead atoms. The van der Waals surface area contributed by atoms with Crippen molar-refractivity contribution >= 4 is 27.6 Å². The Morgan fingerprint density at radius 1 is 1.14 bits per heavy atom. The first-order valence-corrected chi connectivity index (χ1v) is 9.09. The van der Waals surface area contributed by atoms with E-state index in [0.717, 1.165) is 12.1 Å². The molecule has 1 aromatic rings. The van der Waals surface area contributed by atoms with Crippen LogP contribution in [0.4, 0.5) is 0 Å². The highest BCUT2D eigenvalue weighted by atomic mass is 35.5. The fourth-order valence-electron chi connectivity index (χ4n) is 1.72. The number of esters is 1. The molecule has 2 N–H and O–H groups in total. The van der Waals surface area contributed by atoms with Gasteiger partial charge in [-0.25, -0.2) is 18.4 Å². The van der Waals surface area contributed by atoms with Crippen molar-refractivity contribution in [2.45, 2.75) is 11.0 Å². The van der Waals surface area contributed by atoms with Crippen LogP contribution in [0.5, 0.6) is 0 Å². The average molecular weight is 444 g/mol. The molecule has 0 heterocycles. The molecule has 0 aliphatic carbocycles. The summed E-state index contributed by atoms with van der Waals surface area (Å²) in [5.41, 5.74) is -0.209. The van der Waals surface area contributed by atoms with Crippen LogP contribution in [-0.2, 0) is 29.2 Å². The standard InChI is InChI=1S/C12H14ClN3O11S/c13-10-2-1-8(5-11(10)28(14,22)23)12(17)25-6-9(7-27-16(20)21)24-3-4-26-15(18)19/h1-2,5,9H,3-4,6-7H2,(H2,14,22,23). The smallest absolute Gasteiger partial charge is 0.338 e. The number of hydrogen-bond donors (Lipinski definition) is 1. The second-order valence-electron chi connectivity index (χ2n) is 4.86. The van der Waals surface area contributed by atoms with Gasteiger partial charge in [0, 0.05) is 0 Å². The molecule has 0 saturated heterocycles. The van der Waals surface area contributed by atoms with Crippen molar-refractivity contribution in [1.29, 1.82) is 0 Å². The monoisotopic (exact) mass is 443 g/mol. The zero-order valence-electron chi connectivity index (χ0n) is 13.9. The van der Waals surface area contributed by atoms with Crippen LogP contribution in [0.15, 0.2) is 23.1 Å². The molecule has 156 valence electrons. The Hall–Kier alpha value is -2.75. The van der Waals surface area contributed by atoms with E-state index in [4.69, 9.17) is 26.2 Å². The molecule has 0 spiro atoms. The molecule has 1 unspecified atom stereocenters. The highest BCUT2D eigenvalue weighted by Gasteiger charge is 2.19. The van der Waals surface area contributed by atoms with Gasteiger partial charge in [0.2, 0.25) is 10.0 Å². The van der Waals surface area contributed by atoms with Gasteiger partial charge >= 0.3 is 5.97 Å². The summed E-state index contributed by atoms with van der Waals surface area (Å²) in [5.74, 6) is -1.00. The van der Waals surface area contributed by atoms with Gasteiger partial charge in [0.1, 0.15) is 30.8 Å². The van der Waals surface area contributed by atoms with Gasteiger partial charge in [-0.05, 0) is 18.2 Å². The number of halogens is 1. The largest absolute Gasteiger partial charge is 0.459 e. The minimum Gasteiger partial charge on any atom is -0.459 e. The van der Waals surface area contributed by atoms with Crippen LogP contribution in [0, 0.1) is 20.2 Å². The first kappa shape index (κ1) is 23.3. The van der Waals surface area contributed by atoms with E-state index in [1.807, 2.05) is 0 Å². The quantitative estimate of drug-likeness (QED) is 0.196. The summed E-state index contributed by atoms with van der Waals surface area (Å²) in [5, 5.41) is 22.9. The topological polar surface area (TPSA) is 200 Å². The van der Waals surface area contributed by atoms with Crippen molar-refractivity contribution in [1.82, 2.24) is 0 Å². The fourth-order valence-corrected chi connectivity index (χ4v) is 2.79. The number of hydrogen-bond acceptors (Lipinski definition) is 11. The molecule has 16 heteroatoms. The predicted octanol–water partition coefficient (Wildman–Crippen LogP) is -0.0540. The number of rotatable bonds is 12. The van der Waals surface area contributed by atoms with E-state index in [2.05, 4.69) is 9.68 Å². The first-order chi connectivity index (χ1) is 13.0. The molecular weight excluding hydrogens is 430 g/mol. The Morgan fingerprint density at radius 2 is 1.79 bits per heavy atom. The van der Waals surface area contributed by atoms with Gasteiger partial charge < -0.3 is 19.1 Å². The van der Waals surface area contributed by atoms with Crippen LogP contribution < -0.4 is 5.14 Å². The molecule has 1 rings (SSSR count). The zero-order valence-corrected chi connectivity index (χ0v) is 15.5. The Morgan fingerprint density at radius 3 is 2.36 bits per heavy atom. The molecule has 0 saturated carbocycles. The lowest BCUT2D eigenvalue weighted by atomic mass is 10.2. The van der Waals surface area contributed by atoms with Crippen LogP contribution in [0.2, 0.25) is 5.02 Å². The summed E-state index contributed by atoms with van der Waals surface area (Å²) in [6.07, 6.45) is -1.16. The number of benzene rings is 1. The van der Waals surface area contributed by atoms with Crippen molar-refractivity contribution in [3.8, 4) is 0 Å².